The van der Waals surface area contributed by atoms with E-state index >= 15 is 0 Å². The number of aromatic nitrogens is 1. The van der Waals surface area contributed by atoms with E-state index in [1.54, 1.807) is 12.3 Å². The fourth-order valence-electron chi connectivity index (χ4n) is 3.92. The minimum atomic E-state index is -0.547. The maximum atomic E-state index is 13.2. The van der Waals surface area contributed by atoms with Gasteiger partial charge in [0.2, 0.25) is 5.91 Å². The number of benzene rings is 1. The highest BCUT2D eigenvalue weighted by atomic mass is 16.6. The summed E-state index contributed by atoms with van der Waals surface area (Å²) in [7, 11) is 0. The van der Waals surface area contributed by atoms with E-state index in [0.29, 0.717) is 24.2 Å². The Morgan fingerprint density at radius 2 is 2.03 bits per heavy atom. The van der Waals surface area contributed by atoms with Crippen LogP contribution in [0.1, 0.15) is 46.5 Å². The first kappa shape index (κ1) is 21.6. The maximum absolute atomic E-state index is 13.2. The third-order valence-electron chi connectivity index (χ3n) is 5.24. The van der Waals surface area contributed by atoms with Crippen LogP contribution in [0, 0.1) is 23.3 Å². The Morgan fingerprint density at radius 1 is 1.27 bits per heavy atom. The molecular weight excluding hydrogens is 380 g/mol. The normalized spacial score (nSPS) is 19.0. The number of carbonyl (C=O) groups is 2. The zero-order chi connectivity index (χ0) is 21.7. The average Bonchev–Trinajstić information content (AvgIpc) is 2.72. The predicted molar refractivity (Wildman–Crippen MR) is 115 cm³/mol. The number of anilines is 1. The summed E-state index contributed by atoms with van der Waals surface area (Å²) in [5.74, 6) is -0.299. The Labute approximate surface area is 177 Å². The van der Waals surface area contributed by atoms with Crippen molar-refractivity contribution >= 4 is 28.6 Å². The summed E-state index contributed by atoms with van der Waals surface area (Å²) < 4.78 is 5.28. The van der Waals surface area contributed by atoms with E-state index in [4.69, 9.17) is 4.74 Å². The van der Waals surface area contributed by atoms with Crippen LogP contribution in [0.15, 0.2) is 36.5 Å². The second kappa shape index (κ2) is 9.12. The fraction of sp³-hybridized carbons (Fsp3) is 0.478. The van der Waals surface area contributed by atoms with Gasteiger partial charge in [-0.15, -0.1) is 0 Å². The molecule has 1 heterocycles. The number of nitrogens with zero attached hydrogens (tertiary/aromatic N) is 3. The van der Waals surface area contributed by atoms with Crippen LogP contribution in [0.3, 0.4) is 0 Å². The highest BCUT2D eigenvalue weighted by molar-refractivity contribution is 6.04. The number of amides is 2. The molecule has 1 saturated carbocycles. The first-order valence-electron chi connectivity index (χ1n) is 10.3. The fourth-order valence-corrected chi connectivity index (χ4v) is 3.92. The van der Waals surface area contributed by atoms with Crippen molar-refractivity contribution < 1.29 is 14.3 Å². The highest BCUT2D eigenvalue weighted by Crippen LogP contribution is 2.33. The average molecular weight is 409 g/mol. The monoisotopic (exact) mass is 408 g/mol. The van der Waals surface area contributed by atoms with E-state index in [1.165, 1.54) is 4.90 Å². The molecule has 7 heteroatoms. The van der Waals surface area contributed by atoms with Gasteiger partial charge >= 0.3 is 6.09 Å². The summed E-state index contributed by atoms with van der Waals surface area (Å²) >= 11 is 0. The highest BCUT2D eigenvalue weighted by Gasteiger charge is 2.32. The Morgan fingerprint density at radius 3 is 2.77 bits per heavy atom. The van der Waals surface area contributed by atoms with Gasteiger partial charge in [0, 0.05) is 24.0 Å². The SMILES string of the molecule is CC(C)(C)OC(=O)NCC1CCCC(C(=O)N(C#N)c2cccc3cccnc23)C1. The van der Waals surface area contributed by atoms with Gasteiger partial charge in [0.15, 0.2) is 6.19 Å². The van der Waals surface area contributed by atoms with Crippen LogP contribution in [0.5, 0.6) is 0 Å². The molecule has 2 atom stereocenters. The Bertz CT molecular complexity index is 956. The number of nitrogens with one attached hydrogen (secondary N) is 1. The molecule has 1 N–H and O–H groups in total. The zero-order valence-corrected chi connectivity index (χ0v) is 17.7. The van der Waals surface area contributed by atoms with Crippen LogP contribution in [-0.4, -0.2) is 29.1 Å². The molecule has 7 nitrogen and oxygen atoms in total. The number of ether oxygens (including phenoxy) is 1. The van der Waals surface area contributed by atoms with Crippen LogP contribution in [-0.2, 0) is 9.53 Å². The molecule has 0 bridgehead atoms. The second-order valence-corrected chi connectivity index (χ2v) is 8.74. The van der Waals surface area contributed by atoms with Gasteiger partial charge in [0.25, 0.3) is 0 Å². The summed E-state index contributed by atoms with van der Waals surface area (Å²) in [6.45, 7) is 5.92. The number of fused-ring (bicyclic) bond motifs is 1. The third kappa shape index (κ3) is 5.26. The van der Waals surface area contributed by atoms with Gasteiger partial charge in [-0.2, -0.15) is 5.26 Å². The number of hydrogen-bond acceptors (Lipinski definition) is 5. The molecule has 0 spiro atoms. The molecule has 30 heavy (non-hydrogen) atoms. The van der Waals surface area contributed by atoms with E-state index in [0.717, 1.165) is 24.6 Å². The largest absolute Gasteiger partial charge is 0.444 e. The van der Waals surface area contributed by atoms with Crippen molar-refractivity contribution in [3.63, 3.8) is 0 Å². The Hall–Kier alpha value is -3.14. The lowest BCUT2D eigenvalue weighted by Crippen LogP contribution is -2.39. The van der Waals surface area contributed by atoms with Crippen LogP contribution in [0.25, 0.3) is 10.9 Å². The minimum absolute atomic E-state index is 0.173. The molecular formula is C23H28N4O3. The molecule has 2 unspecified atom stereocenters. The Balaban J connectivity index is 1.68. The van der Waals surface area contributed by atoms with E-state index in [9.17, 15) is 14.9 Å². The summed E-state index contributed by atoms with van der Waals surface area (Å²) in [4.78, 5) is 30.7. The molecule has 1 aliphatic rings. The van der Waals surface area contributed by atoms with Crippen molar-refractivity contribution in [2.45, 2.75) is 52.1 Å². The summed E-state index contributed by atoms with van der Waals surface area (Å²) in [5.41, 5.74) is 0.595. The first-order valence-corrected chi connectivity index (χ1v) is 10.3. The van der Waals surface area contributed by atoms with Crippen molar-refractivity contribution in [1.29, 1.82) is 5.26 Å². The van der Waals surface area contributed by atoms with Crippen molar-refractivity contribution in [2.75, 3.05) is 11.4 Å². The molecule has 2 aromatic rings. The van der Waals surface area contributed by atoms with Gasteiger partial charge < -0.3 is 10.1 Å². The van der Waals surface area contributed by atoms with Crippen molar-refractivity contribution in [3.05, 3.63) is 36.5 Å². The van der Waals surface area contributed by atoms with Crippen molar-refractivity contribution in [1.82, 2.24) is 10.3 Å². The van der Waals surface area contributed by atoms with Crippen LogP contribution in [0.4, 0.5) is 10.5 Å². The van der Waals surface area contributed by atoms with Crippen molar-refractivity contribution in [2.24, 2.45) is 11.8 Å². The van der Waals surface area contributed by atoms with Gasteiger partial charge in [-0.1, -0.05) is 24.6 Å². The third-order valence-corrected chi connectivity index (χ3v) is 5.24. The number of pyridine rings is 1. The summed E-state index contributed by atoms with van der Waals surface area (Å²) in [5, 5.41) is 13.4. The molecule has 1 aromatic carbocycles. The van der Waals surface area contributed by atoms with Gasteiger partial charge in [-0.25, -0.2) is 9.69 Å². The van der Waals surface area contributed by atoms with Crippen molar-refractivity contribution in [3.8, 4) is 6.19 Å². The van der Waals surface area contributed by atoms with Gasteiger partial charge in [-0.3, -0.25) is 9.78 Å². The molecule has 2 amide bonds. The van der Waals surface area contributed by atoms with E-state index in [1.807, 2.05) is 45.0 Å². The van der Waals surface area contributed by atoms with Gasteiger partial charge in [0.1, 0.15) is 5.60 Å². The van der Waals surface area contributed by atoms with E-state index in [-0.39, 0.29) is 17.7 Å². The molecule has 0 saturated heterocycles. The van der Waals surface area contributed by atoms with Gasteiger partial charge in [-0.05, 0) is 58.1 Å². The first-order chi connectivity index (χ1) is 14.3. The van der Waals surface area contributed by atoms with E-state index in [2.05, 4.69) is 16.5 Å². The number of carbonyl (C=O) groups excluding carboxylic acids is 2. The summed E-state index contributed by atoms with van der Waals surface area (Å²) in [6, 6.07) is 9.22. The van der Waals surface area contributed by atoms with Gasteiger partial charge in [0.05, 0.1) is 11.2 Å². The molecule has 1 fully saturated rings. The zero-order valence-electron chi connectivity index (χ0n) is 17.7. The number of hydrogen-bond donors (Lipinski definition) is 1. The van der Waals surface area contributed by atoms with Crippen LogP contribution < -0.4 is 10.2 Å². The molecule has 0 aliphatic heterocycles. The van der Waals surface area contributed by atoms with Crippen LogP contribution in [0.2, 0.25) is 0 Å². The Kier molecular flexibility index (Phi) is 6.56. The molecule has 3 rings (SSSR count). The molecule has 0 radical (unpaired) electrons. The molecule has 1 aromatic heterocycles. The minimum Gasteiger partial charge on any atom is -0.444 e. The number of alkyl carbamates (subject to hydrolysis) is 1. The topological polar surface area (TPSA) is 95.3 Å². The number of nitriles is 1. The number of rotatable bonds is 4. The second-order valence-electron chi connectivity index (χ2n) is 8.74. The summed E-state index contributed by atoms with van der Waals surface area (Å²) in [6.07, 6.45) is 6.44. The maximum Gasteiger partial charge on any atom is 0.407 e. The quantitative estimate of drug-likeness (QED) is 0.598. The molecule has 158 valence electrons. The standard InChI is InChI=1S/C23H28N4O3/c1-23(2,3)30-22(29)26-14-16-7-4-9-18(13-16)21(28)27(15-24)19-11-5-8-17-10-6-12-25-20(17)19/h5-6,8,10-12,16,18H,4,7,9,13-14H2,1-3H3,(H,26,29). The predicted octanol–water partition coefficient (Wildman–Crippen LogP) is 4.38. The lowest BCUT2D eigenvalue weighted by molar-refractivity contribution is -0.123. The van der Waals surface area contributed by atoms with E-state index < -0.39 is 11.7 Å². The number of para-hydroxylation sites is 1. The molecule has 1 aliphatic carbocycles. The lowest BCUT2D eigenvalue weighted by Gasteiger charge is -2.30. The van der Waals surface area contributed by atoms with Crippen LogP contribution >= 0.6 is 0 Å². The smallest absolute Gasteiger partial charge is 0.407 e. The lowest BCUT2D eigenvalue weighted by atomic mass is 9.80.